The molecule has 1 unspecified atom stereocenters. The highest BCUT2D eigenvalue weighted by Gasteiger charge is 2.10. The van der Waals surface area contributed by atoms with Crippen LogP contribution in [0.4, 0.5) is 0 Å². The SMILES string of the molecule is COc1ccc(C)c(C(O)CCN)c1. The Balaban J connectivity index is 2.93. The highest BCUT2D eigenvalue weighted by Crippen LogP contribution is 2.24. The summed E-state index contributed by atoms with van der Waals surface area (Å²) in [5.41, 5.74) is 7.36. The molecule has 0 spiro atoms. The minimum Gasteiger partial charge on any atom is -0.497 e. The molecule has 0 saturated carbocycles. The number of benzene rings is 1. The minimum atomic E-state index is -0.491. The number of nitrogens with two attached hydrogens (primary N) is 1. The third-order valence-electron chi connectivity index (χ3n) is 2.29. The number of ether oxygens (including phenoxy) is 1. The van der Waals surface area contributed by atoms with Crippen LogP contribution < -0.4 is 10.5 Å². The lowest BCUT2D eigenvalue weighted by Gasteiger charge is -2.13. The maximum absolute atomic E-state index is 9.79. The summed E-state index contributed by atoms with van der Waals surface area (Å²) in [5, 5.41) is 9.79. The average Bonchev–Trinajstić information content (AvgIpc) is 2.19. The van der Waals surface area contributed by atoms with E-state index >= 15 is 0 Å². The van der Waals surface area contributed by atoms with Gasteiger partial charge in [0.25, 0.3) is 0 Å². The Bertz CT molecular complexity index is 299. The van der Waals surface area contributed by atoms with Crippen LogP contribution >= 0.6 is 0 Å². The van der Waals surface area contributed by atoms with Gasteiger partial charge in [-0.25, -0.2) is 0 Å². The van der Waals surface area contributed by atoms with Crippen molar-refractivity contribution in [1.29, 1.82) is 0 Å². The number of methoxy groups -OCH3 is 1. The lowest BCUT2D eigenvalue weighted by Crippen LogP contribution is -2.08. The molecule has 1 aromatic carbocycles. The maximum atomic E-state index is 9.79. The number of rotatable bonds is 4. The highest BCUT2D eigenvalue weighted by molar-refractivity contribution is 5.36. The molecular formula is C11H17NO2. The molecule has 1 aromatic rings. The van der Waals surface area contributed by atoms with Crippen molar-refractivity contribution in [2.75, 3.05) is 13.7 Å². The number of hydrogen-bond donors (Lipinski definition) is 2. The summed E-state index contributed by atoms with van der Waals surface area (Å²) in [6.45, 7) is 2.45. The molecule has 1 rings (SSSR count). The van der Waals surface area contributed by atoms with Crippen molar-refractivity contribution < 1.29 is 9.84 Å². The van der Waals surface area contributed by atoms with E-state index in [9.17, 15) is 5.11 Å². The number of aryl methyl sites for hydroxylation is 1. The summed E-state index contributed by atoms with van der Waals surface area (Å²) in [5.74, 6) is 0.765. The van der Waals surface area contributed by atoms with E-state index in [0.29, 0.717) is 13.0 Å². The third kappa shape index (κ3) is 2.47. The molecule has 0 amide bonds. The van der Waals surface area contributed by atoms with Gasteiger partial charge in [0, 0.05) is 0 Å². The Morgan fingerprint density at radius 2 is 2.21 bits per heavy atom. The van der Waals surface area contributed by atoms with E-state index in [1.807, 2.05) is 25.1 Å². The molecule has 0 aliphatic carbocycles. The first-order valence-corrected chi connectivity index (χ1v) is 4.71. The zero-order valence-corrected chi connectivity index (χ0v) is 8.66. The van der Waals surface area contributed by atoms with E-state index in [1.54, 1.807) is 7.11 Å². The van der Waals surface area contributed by atoms with E-state index in [-0.39, 0.29) is 0 Å². The predicted molar refractivity (Wildman–Crippen MR) is 56.4 cm³/mol. The van der Waals surface area contributed by atoms with Gasteiger partial charge in [0.1, 0.15) is 5.75 Å². The van der Waals surface area contributed by atoms with Gasteiger partial charge in [-0.15, -0.1) is 0 Å². The number of hydrogen-bond acceptors (Lipinski definition) is 3. The minimum absolute atomic E-state index is 0.484. The van der Waals surface area contributed by atoms with E-state index in [2.05, 4.69) is 0 Å². The van der Waals surface area contributed by atoms with Crippen LogP contribution in [-0.4, -0.2) is 18.8 Å². The summed E-state index contributed by atoms with van der Waals surface area (Å²) in [7, 11) is 1.61. The van der Waals surface area contributed by atoms with Crippen molar-refractivity contribution in [2.24, 2.45) is 5.73 Å². The first-order chi connectivity index (χ1) is 6.69. The van der Waals surface area contributed by atoms with Gasteiger partial charge in [-0.2, -0.15) is 0 Å². The second kappa shape index (κ2) is 4.98. The van der Waals surface area contributed by atoms with Crippen LogP contribution in [0.15, 0.2) is 18.2 Å². The zero-order chi connectivity index (χ0) is 10.6. The van der Waals surface area contributed by atoms with Gasteiger partial charge in [-0.3, -0.25) is 0 Å². The van der Waals surface area contributed by atoms with Gasteiger partial charge in [0.2, 0.25) is 0 Å². The summed E-state index contributed by atoms with van der Waals surface area (Å²) in [6.07, 6.45) is 0.0867. The van der Waals surface area contributed by atoms with E-state index in [1.165, 1.54) is 0 Å². The molecule has 3 N–H and O–H groups in total. The fourth-order valence-corrected chi connectivity index (χ4v) is 1.42. The van der Waals surface area contributed by atoms with Gasteiger partial charge >= 0.3 is 0 Å². The summed E-state index contributed by atoms with van der Waals surface area (Å²) in [6, 6.07) is 5.68. The Kier molecular flexibility index (Phi) is 3.92. The molecule has 0 heterocycles. The van der Waals surface area contributed by atoms with Crippen LogP contribution in [0.2, 0.25) is 0 Å². The molecule has 0 bridgehead atoms. The largest absolute Gasteiger partial charge is 0.497 e. The van der Waals surface area contributed by atoms with Crippen molar-refractivity contribution in [3.05, 3.63) is 29.3 Å². The number of aliphatic hydroxyl groups excluding tert-OH is 1. The van der Waals surface area contributed by atoms with E-state index in [0.717, 1.165) is 16.9 Å². The third-order valence-corrected chi connectivity index (χ3v) is 2.29. The molecule has 0 aromatic heterocycles. The first-order valence-electron chi connectivity index (χ1n) is 4.71. The molecule has 78 valence electrons. The van der Waals surface area contributed by atoms with Crippen molar-refractivity contribution in [3.8, 4) is 5.75 Å². The quantitative estimate of drug-likeness (QED) is 0.763. The molecule has 0 aliphatic heterocycles. The number of aliphatic hydroxyl groups is 1. The second-order valence-electron chi connectivity index (χ2n) is 3.32. The molecule has 0 aliphatic rings. The summed E-state index contributed by atoms with van der Waals surface area (Å²) in [4.78, 5) is 0. The van der Waals surface area contributed by atoms with Crippen LogP contribution in [0.5, 0.6) is 5.75 Å². The molecule has 14 heavy (non-hydrogen) atoms. The lowest BCUT2D eigenvalue weighted by molar-refractivity contribution is 0.169. The topological polar surface area (TPSA) is 55.5 Å². The molecule has 3 heteroatoms. The first kappa shape index (κ1) is 11.0. The highest BCUT2D eigenvalue weighted by atomic mass is 16.5. The molecule has 3 nitrogen and oxygen atoms in total. The van der Waals surface area contributed by atoms with Crippen molar-refractivity contribution in [3.63, 3.8) is 0 Å². The molecule has 0 fully saturated rings. The molecule has 1 atom stereocenters. The van der Waals surface area contributed by atoms with Crippen molar-refractivity contribution in [1.82, 2.24) is 0 Å². The molecule has 0 radical (unpaired) electrons. The second-order valence-corrected chi connectivity index (χ2v) is 3.32. The Morgan fingerprint density at radius 1 is 1.50 bits per heavy atom. The molecule has 0 saturated heterocycles. The average molecular weight is 195 g/mol. The van der Waals surface area contributed by atoms with Crippen LogP contribution in [0.3, 0.4) is 0 Å². The van der Waals surface area contributed by atoms with Gasteiger partial charge in [0.05, 0.1) is 13.2 Å². The van der Waals surface area contributed by atoms with Crippen LogP contribution in [0.1, 0.15) is 23.7 Å². The van der Waals surface area contributed by atoms with Gasteiger partial charge in [-0.1, -0.05) is 6.07 Å². The van der Waals surface area contributed by atoms with Crippen LogP contribution in [0.25, 0.3) is 0 Å². The Morgan fingerprint density at radius 3 is 2.79 bits per heavy atom. The zero-order valence-electron chi connectivity index (χ0n) is 8.66. The van der Waals surface area contributed by atoms with Crippen molar-refractivity contribution in [2.45, 2.75) is 19.4 Å². The van der Waals surface area contributed by atoms with Gasteiger partial charge < -0.3 is 15.6 Å². The fourth-order valence-electron chi connectivity index (χ4n) is 1.42. The van der Waals surface area contributed by atoms with Crippen LogP contribution in [0, 0.1) is 6.92 Å². The van der Waals surface area contributed by atoms with Gasteiger partial charge in [0.15, 0.2) is 0 Å². The predicted octanol–water partition coefficient (Wildman–Crippen LogP) is 1.39. The fraction of sp³-hybridized carbons (Fsp3) is 0.455. The van der Waals surface area contributed by atoms with Crippen molar-refractivity contribution >= 4 is 0 Å². The Hall–Kier alpha value is -1.06. The lowest BCUT2D eigenvalue weighted by atomic mass is 10.0. The maximum Gasteiger partial charge on any atom is 0.119 e. The summed E-state index contributed by atoms with van der Waals surface area (Å²) < 4.78 is 5.10. The standard InChI is InChI=1S/C11H17NO2/c1-8-3-4-9(14-2)7-10(8)11(13)5-6-12/h3-4,7,11,13H,5-6,12H2,1-2H3. The van der Waals surface area contributed by atoms with Gasteiger partial charge in [-0.05, 0) is 43.1 Å². The molecular weight excluding hydrogens is 178 g/mol. The summed E-state index contributed by atoms with van der Waals surface area (Å²) >= 11 is 0. The monoisotopic (exact) mass is 195 g/mol. The normalized spacial score (nSPS) is 12.6. The van der Waals surface area contributed by atoms with E-state index in [4.69, 9.17) is 10.5 Å². The van der Waals surface area contributed by atoms with E-state index < -0.39 is 6.10 Å². The smallest absolute Gasteiger partial charge is 0.119 e. The Labute approximate surface area is 84.5 Å². The van der Waals surface area contributed by atoms with Crippen LogP contribution in [-0.2, 0) is 0 Å².